The Morgan fingerprint density at radius 3 is 2.55 bits per heavy atom. The molecule has 1 aromatic rings. The predicted molar refractivity (Wildman–Crippen MR) is 114 cm³/mol. The number of likely N-dealkylation sites (tertiary alicyclic amines) is 2. The second kappa shape index (κ2) is 9.47. The van der Waals surface area contributed by atoms with Crippen LogP contribution in [-0.2, 0) is 14.3 Å². The van der Waals surface area contributed by atoms with Crippen LogP contribution in [0.25, 0.3) is 0 Å². The molecule has 4 rings (SSSR count). The van der Waals surface area contributed by atoms with Gasteiger partial charge in [-0.15, -0.1) is 0 Å². The van der Waals surface area contributed by atoms with Gasteiger partial charge in [0.25, 0.3) is 0 Å². The van der Waals surface area contributed by atoms with Gasteiger partial charge in [-0.1, -0.05) is 30.3 Å². The molecule has 3 N–H and O–H groups in total. The number of nitrogens with zero attached hydrogens (tertiary/aromatic N) is 3. The van der Waals surface area contributed by atoms with Gasteiger partial charge >= 0.3 is 6.03 Å². The van der Waals surface area contributed by atoms with Crippen molar-refractivity contribution in [2.75, 3.05) is 32.8 Å². The number of ether oxygens (including phenoxy) is 1. The van der Waals surface area contributed by atoms with Crippen molar-refractivity contribution in [1.29, 1.82) is 0 Å². The van der Waals surface area contributed by atoms with Gasteiger partial charge < -0.3 is 25.6 Å². The average Bonchev–Trinajstić information content (AvgIpc) is 2.79. The van der Waals surface area contributed by atoms with E-state index in [1.807, 2.05) is 35.2 Å². The first-order valence-corrected chi connectivity index (χ1v) is 10.9. The number of carbonyl (C=O) groups excluding carboxylic acids is 3. The Kier molecular flexibility index (Phi) is 6.50. The summed E-state index contributed by atoms with van der Waals surface area (Å²) in [7, 11) is 0. The van der Waals surface area contributed by atoms with Crippen molar-refractivity contribution in [2.45, 2.75) is 37.8 Å². The van der Waals surface area contributed by atoms with E-state index in [9.17, 15) is 14.4 Å². The van der Waals surface area contributed by atoms with Crippen LogP contribution in [0.5, 0.6) is 0 Å². The Morgan fingerprint density at radius 2 is 1.81 bits per heavy atom. The van der Waals surface area contributed by atoms with E-state index >= 15 is 0 Å². The Morgan fingerprint density at radius 1 is 1.10 bits per heavy atom. The van der Waals surface area contributed by atoms with Gasteiger partial charge in [-0.3, -0.25) is 9.59 Å². The van der Waals surface area contributed by atoms with Crippen LogP contribution in [0.2, 0.25) is 0 Å². The van der Waals surface area contributed by atoms with Crippen molar-refractivity contribution in [3.63, 3.8) is 0 Å². The lowest BCUT2D eigenvalue weighted by molar-refractivity contribution is -0.139. The number of amides is 4. The highest BCUT2D eigenvalue weighted by Gasteiger charge is 2.38. The standard InChI is InChI=1S/C22H29N5O4/c23-21(16-4-2-1-3-5-16)25-19(28)12-15-6-9-26(10-7-15)22(30)27-11-8-18-17(13-27)24-20(29)14-31-18/h1-5,15,17-18H,6-14H2,(H,24,29)(H2,23,25,28). The topological polar surface area (TPSA) is 117 Å². The molecule has 3 saturated heterocycles. The SMILES string of the molecule is NC(=NC(=O)CC1CCN(C(=O)N2CCC3OCC(=O)NC3C2)CC1)c1ccccc1. The van der Waals surface area contributed by atoms with Gasteiger partial charge in [-0.05, 0) is 25.2 Å². The van der Waals surface area contributed by atoms with Crippen molar-refractivity contribution in [3.8, 4) is 0 Å². The zero-order valence-electron chi connectivity index (χ0n) is 17.5. The van der Waals surface area contributed by atoms with Crippen molar-refractivity contribution >= 4 is 23.7 Å². The molecule has 0 aromatic heterocycles. The van der Waals surface area contributed by atoms with Gasteiger partial charge in [-0.2, -0.15) is 4.99 Å². The zero-order valence-corrected chi connectivity index (χ0v) is 17.5. The van der Waals surface area contributed by atoms with Crippen LogP contribution >= 0.6 is 0 Å². The molecule has 0 saturated carbocycles. The lowest BCUT2D eigenvalue weighted by Gasteiger charge is -2.43. The highest BCUT2D eigenvalue weighted by molar-refractivity contribution is 6.04. The molecule has 31 heavy (non-hydrogen) atoms. The van der Waals surface area contributed by atoms with Gasteiger partial charge in [0.1, 0.15) is 12.4 Å². The highest BCUT2D eigenvalue weighted by atomic mass is 16.5. The molecule has 3 aliphatic heterocycles. The number of nitrogens with one attached hydrogen (secondary N) is 1. The number of fused-ring (bicyclic) bond motifs is 1. The average molecular weight is 428 g/mol. The molecule has 0 bridgehead atoms. The van der Waals surface area contributed by atoms with Crippen LogP contribution in [0.1, 0.15) is 31.2 Å². The van der Waals surface area contributed by atoms with Crippen LogP contribution in [0.15, 0.2) is 35.3 Å². The van der Waals surface area contributed by atoms with Crippen LogP contribution in [0.3, 0.4) is 0 Å². The largest absolute Gasteiger partial charge is 0.383 e. The normalized spacial score (nSPS) is 25.0. The van der Waals surface area contributed by atoms with E-state index in [4.69, 9.17) is 10.5 Å². The summed E-state index contributed by atoms with van der Waals surface area (Å²) >= 11 is 0. The molecule has 4 amide bonds. The monoisotopic (exact) mass is 427 g/mol. The molecular formula is C22H29N5O4. The maximum Gasteiger partial charge on any atom is 0.320 e. The minimum Gasteiger partial charge on any atom is -0.383 e. The third-order valence-electron chi connectivity index (χ3n) is 6.26. The minimum atomic E-state index is -0.221. The van der Waals surface area contributed by atoms with Crippen molar-refractivity contribution in [3.05, 3.63) is 35.9 Å². The maximum atomic E-state index is 12.9. The van der Waals surface area contributed by atoms with Crippen molar-refractivity contribution in [1.82, 2.24) is 15.1 Å². The van der Waals surface area contributed by atoms with E-state index in [-0.39, 0.29) is 48.4 Å². The fraction of sp³-hybridized carbons (Fsp3) is 0.545. The molecule has 0 radical (unpaired) electrons. The molecule has 3 heterocycles. The van der Waals surface area contributed by atoms with E-state index in [2.05, 4.69) is 10.3 Å². The fourth-order valence-corrected chi connectivity index (χ4v) is 4.50. The number of nitrogens with two attached hydrogens (primary N) is 1. The van der Waals surface area contributed by atoms with E-state index in [1.54, 1.807) is 4.90 Å². The predicted octanol–water partition coefficient (Wildman–Crippen LogP) is 0.730. The first kappa shape index (κ1) is 21.3. The van der Waals surface area contributed by atoms with Crippen LogP contribution in [0.4, 0.5) is 4.79 Å². The molecule has 166 valence electrons. The lowest BCUT2D eigenvalue weighted by atomic mass is 9.93. The molecular weight excluding hydrogens is 398 g/mol. The quantitative estimate of drug-likeness (QED) is 0.545. The number of piperidine rings is 2. The molecule has 3 aliphatic rings. The number of aliphatic imine (C=N–C) groups is 1. The molecule has 3 fully saturated rings. The molecule has 1 aromatic carbocycles. The smallest absolute Gasteiger partial charge is 0.320 e. The van der Waals surface area contributed by atoms with Gasteiger partial charge in [-0.25, -0.2) is 4.79 Å². The number of carbonyl (C=O) groups is 3. The van der Waals surface area contributed by atoms with Crippen molar-refractivity contribution < 1.29 is 19.1 Å². The Balaban J connectivity index is 1.24. The van der Waals surface area contributed by atoms with Crippen molar-refractivity contribution in [2.24, 2.45) is 16.6 Å². The zero-order chi connectivity index (χ0) is 21.8. The van der Waals surface area contributed by atoms with E-state index in [0.717, 1.165) is 24.8 Å². The van der Waals surface area contributed by atoms with Gasteiger partial charge in [0.15, 0.2) is 0 Å². The third kappa shape index (κ3) is 5.22. The Labute approximate surface area is 181 Å². The van der Waals surface area contributed by atoms with Crippen LogP contribution < -0.4 is 11.1 Å². The van der Waals surface area contributed by atoms with Gasteiger partial charge in [0.2, 0.25) is 11.8 Å². The Hall–Kier alpha value is -2.94. The number of hydrogen-bond acceptors (Lipinski definition) is 4. The molecule has 2 unspecified atom stereocenters. The van der Waals surface area contributed by atoms with Crippen LogP contribution in [-0.4, -0.2) is 78.4 Å². The van der Waals surface area contributed by atoms with Crippen LogP contribution in [0, 0.1) is 5.92 Å². The van der Waals surface area contributed by atoms with E-state index < -0.39 is 0 Å². The number of amidine groups is 1. The fourth-order valence-electron chi connectivity index (χ4n) is 4.50. The second-order valence-corrected chi connectivity index (χ2v) is 8.43. The first-order chi connectivity index (χ1) is 15.0. The number of morpholine rings is 1. The summed E-state index contributed by atoms with van der Waals surface area (Å²) in [5.74, 6) is 0.0823. The molecule has 0 aliphatic carbocycles. The lowest BCUT2D eigenvalue weighted by Crippen LogP contribution is -2.62. The number of urea groups is 1. The Bertz CT molecular complexity index is 851. The van der Waals surface area contributed by atoms with E-state index in [0.29, 0.717) is 32.6 Å². The summed E-state index contributed by atoms with van der Waals surface area (Å²) < 4.78 is 5.56. The summed E-state index contributed by atoms with van der Waals surface area (Å²) in [5.41, 5.74) is 6.67. The minimum absolute atomic E-state index is 0.00519. The number of benzene rings is 1. The number of rotatable bonds is 3. The summed E-state index contributed by atoms with van der Waals surface area (Å²) in [6, 6.07) is 9.10. The summed E-state index contributed by atoms with van der Waals surface area (Å²) in [6.45, 7) is 2.43. The molecule has 0 spiro atoms. The van der Waals surface area contributed by atoms with Gasteiger partial charge in [0, 0.05) is 38.2 Å². The number of hydrogen-bond donors (Lipinski definition) is 2. The second-order valence-electron chi connectivity index (χ2n) is 8.43. The van der Waals surface area contributed by atoms with Gasteiger partial charge in [0.05, 0.1) is 12.1 Å². The summed E-state index contributed by atoms with van der Waals surface area (Å²) in [4.78, 5) is 44.5. The molecule has 9 heteroatoms. The highest BCUT2D eigenvalue weighted by Crippen LogP contribution is 2.24. The first-order valence-electron chi connectivity index (χ1n) is 10.9. The summed E-state index contributed by atoms with van der Waals surface area (Å²) in [6.07, 6.45) is 2.58. The molecule has 9 nitrogen and oxygen atoms in total. The maximum absolute atomic E-state index is 12.9. The summed E-state index contributed by atoms with van der Waals surface area (Å²) in [5, 5.41) is 2.93. The van der Waals surface area contributed by atoms with E-state index in [1.165, 1.54) is 0 Å². The third-order valence-corrected chi connectivity index (χ3v) is 6.26. The molecule has 2 atom stereocenters.